The molecule has 7 heteroatoms. The molecule has 1 amide bonds. The molecule has 0 bridgehead atoms. The molecular formula is C17H18N2O5. The maximum Gasteiger partial charge on any atom is 0.412 e. The zero-order valence-corrected chi connectivity index (χ0v) is 13.5. The van der Waals surface area contributed by atoms with Gasteiger partial charge in [-0.1, -0.05) is 12.1 Å². The number of aromatic carboxylic acids is 1. The molecule has 0 spiro atoms. The van der Waals surface area contributed by atoms with Gasteiger partial charge in [0.2, 0.25) is 0 Å². The number of rotatable bonds is 3. The fraction of sp³-hybridized carbons (Fsp3) is 0.235. The lowest BCUT2D eigenvalue weighted by molar-refractivity contribution is 0.0634. The predicted molar refractivity (Wildman–Crippen MR) is 89.3 cm³/mol. The van der Waals surface area contributed by atoms with E-state index < -0.39 is 23.2 Å². The van der Waals surface area contributed by atoms with E-state index in [9.17, 15) is 14.4 Å². The Morgan fingerprint density at radius 2 is 1.88 bits per heavy atom. The summed E-state index contributed by atoms with van der Waals surface area (Å²) < 4.78 is 5.18. The largest absolute Gasteiger partial charge is 0.477 e. The number of nitrogens with one attached hydrogen (secondary N) is 2. The molecule has 0 fully saturated rings. The SMILES string of the molecule is CC(C)(C)OC(=O)Nc1cccc(-c2c[nH]c(=O)c(C(=O)O)c2)c1. The Bertz CT molecular complexity index is 833. The van der Waals surface area contributed by atoms with Crippen molar-refractivity contribution in [2.45, 2.75) is 26.4 Å². The van der Waals surface area contributed by atoms with Crippen LogP contribution in [0.15, 0.2) is 41.3 Å². The highest BCUT2D eigenvalue weighted by atomic mass is 16.6. The first kappa shape index (κ1) is 17.3. The number of carbonyl (C=O) groups is 2. The van der Waals surface area contributed by atoms with Gasteiger partial charge in [0.15, 0.2) is 0 Å². The second-order valence-electron chi connectivity index (χ2n) is 6.14. The summed E-state index contributed by atoms with van der Waals surface area (Å²) in [7, 11) is 0. The summed E-state index contributed by atoms with van der Waals surface area (Å²) in [4.78, 5) is 36.7. The van der Waals surface area contributed by atoms with E-state index in [4.69, 9.17) is 9.84 Å². The van der Waals surface area contributed by atoms with Gasteiger partial charge >= 0.3 is 12.1 Å². The van der Waals surface area contributed by atoms with Crippen LogP contribution in [0.4, 0.5) is 10.5 Å². The lowest BCUT2D eigenvalue weighted by Crippen LogP contribution is -2.27. The van der Waals surface area contributed by atoms with E-state index in [1.807, 2.05) is 0 Å². The van der Waals surface area contributed by atoms with Gasteiger partial charge in [-0.15, -0.1) is 0 Å². The van der Waals surface area contributed by atoms with Gasteiger partial charge in [-0.25, -0.2) is 9.59 Å². The van der Waals surface area contributed by atoms with Crippen LogP contribution in [0.5, 0.6) is 0 Å². The van der Waals surface area contributed by atoms with E-state index in [-0.39, 0.29) is 5.56 Å². The van der Waals surface area contributed by atoms with Crippen molar-refractivity contribution in [3.63, 3.8) is 0 Å². The maximum atomic E-state index is 11.8. The molecule has 0 aliphatic carbocycles. The Hall–Kier alpha value is -3.09. The molecule has 0 aliphatic heterocycles. The van der Waals surface area contributed by atoms with Crippen molar-refractivity contribution in [2.24, 2.45) is 0 Å². The van der Waals surface area contributed by atoms with Gasteiger partial charge in [-0.3, -0.25) is 10.1 Å². The van der Waals surface area contributed by atoms with Crippen molar-refractivity contribution in [1.29, 1.82) is 0 Å². The molecule has 0 saturated carbocycles. The third-order valence-corrected chi connectivity index (χ3v) is 2.97. The van der Waals surface area contributed by atoms with E-state index in [0.717, 1.165) is 0 Å². The summed E-state index contributed by atoms with van der Waals surface area (Å²) >= 11 is 0. The molecule has 1 heterocycles. The number of amides is 1. The minimum atomic E-state index is -1.30. The number of H-pyrrole nitrogens is 1. The van der Waals surface area contributed by atoms with E-state index in [0.29, 0.717) is 16.8 Å². The molecule has 3 N–H and O–H groups in total. The highest BCUT2D eigenvalue weighted by Gasteiger charge is 2.16. The van der Waals surface area contributed by atoms with Crippen molar-refractivity contribution >= 4 is 17.7 Å². The third kappa shape index (κ3) is 4.45. The zero-order valence-electron chi connectivity index (χ0n) is 13.5. The Labute approximate surface area is 138 Å². The number of ether oxygens (including phenoxy) is 1. The van der Waals surface area contributed by atoms with Crippen molar-refractivity contribution < 1.29 is 19.4 Å². The van der Waals surface area contributed by atoms with Gasteiger partial charge in [-0.2, -0.15) is 0 Å². The molecule has 0 aliphatic rings. The number of carbonyl (C=O) groups excluding carboxylic acids is 1. The standard InChI is InChI=1S/C17H18N2O5/c1-17(2,3)24-16(23)19-12-6-4-5-10(7-12)11-8-13(15(21)22)14(20)18-9-11/h4-9H,1-3H3,(H,18,20)(H,19,23)(H,21,22). The second kappa shape index (κ2) is 6.57. The Balaban J connectivity index is 2.28. The van der Waals surface area contributed by atoms with Gasteiger partial charge in [-0.05, 0) is 50.1 Å². The Morgan fingerprint density at radius 3 is 2.50 bits per heavy atom. The predicted octanol–water partition coefficient (Wildman–Crippen LogP) is 3.09. The minimum Gasteiger partial charge on any atom is -0.477 e. The first-order chi connectivity index (χ1) is 11.2. The summed E-state index contributed by atoms with van der Waals surface area (Å²) in [6, 6.07) is 8.06. The van der Waals surface area contributed by atoms with E-state index in [2.05, 4.69) is 10.3 Å². The molecule has 1 aromatic carbocycles. The number of pyridine rings is 1. The average Bonchev–Trinajstić information content (AvgIpc) is 2.45. The van der Waals surface area contributed by atoms with Crippen LogP contribution in [0, 0.1) is 0 Å². The molecule has 7 nitrogen and oxygen atoms in total. The van der Waals surface area contributed by atoms with Crippen molar-refractivity contribution in [2.75, 3.05) is 5.32 Å². The van der Waals surface area contributed by atoms with Crippen molar-refractivity contribution in [3.8, 4) is 11.1 Å². The Morgan fingerprint density at radius 1 is 1.17 bits per heavy atom. The molecule has 2 aromatic rings. The topological polar surface area (TPSA) is 108 Å². The first-order valence-corrected chi connectivity index (χ1v) is 7.22. The highest BCUT2D eigenvalue weighted by molar-refractivity contribution is 5.89. The van der Waals surface area contributed by atoms with Crippen molar-refractivity contribution in [1.82, 2.24) is 4.98 Å². The number of carboxylic acids is 1. The van der Waals surface area contributed by atoms with Gasteiger partial charge in [0.05, 0.1) is 0 Å². The van der Waals surface area contributed by atoms with Gasteiger partial charge in [0.1, 0.15) is 11.2 Å². The van der Waals surface area contributed by atoms with Gasteiger partial charge in [0, 0.05) is 11.9 Å². The quantitative estimate of drug-likeness (QED) is 0.801. The van der Waals surface area contributed by atoms with Crippen LogP contribution >= 0.6 is 0 Å². The third-order valence-electron chi connectivity index (χ3n) is 2.97. The molecule has 126 valence electrons. The monoisotopic (exact) mass is 330 g/mol. The molecular weight excluding hydrogens is 312 g/mol. The average molecular weight is 330 g/mol. The van der Waals surface area contributed by atoms with Crippen molar-refractivity contribution in [3.05, 3.63) is 52.4 Å². The van der Waals surface area contributed by atoms with Crippen LogP contribution in [0.25, 0.3) is 11.1 Å². The lowest BCUT2D eigenvalue weighted by atomic mass is 10.1. The molecule has 0 saturated heterocycles. The van der Waals surface area contributed by atoms with Crippen LogP contribution in [-0.4, -0.2) is 27.8 Å². The van der Waals surface area contributed by atoms with Crippen LogP contribution in [0.2, 0.25) is 0 Å². The van der Waals surface area contributed by atoms with E-state index >= 15 is 0 Å². The molecule has 0 unspecified atom stereocenters. The molecule has 24 heavy (non-hydrogen) atoms. The normalized spacial score (nSPS) is 11.0. The van der Waals surface area contributed by atoms with Gasteiger partial charge < -0.3 is 14.8 Å². The number of hydrogen-bond donors (Lipinski definition) is 3. The number of aromatic nitrogens is 1. The highest BCUT2D eigenvalue weighted by Crippen LogP contribution is 2.22. The summed E-state index contributed by atoms with van der Waals surface area (Å²) in [5.74, 6) is -1.30. The van der Waals surface area contributed by atoms with Crippen LogP contribution in [0.1, 0.15) is 31.1 Å². The lowest BCUT2D eigenvalue weighted by Gasteiger charge is -2.19. The van der Waals surface area contributed by atoms with Crippen LogP contribution < -0.4 is 10.9 Å². The molecule has 0 radical (unpaired) electrons. The fourth-order valence-corrected chi connectivity index (χ4v) is 2.01. The zero-order chi connectivity index (χ0) is 17.9. The molecule has 1 aromatic heterocycles. The van der Waals surface area contributed by atoms with E-state index in [1.165, 1.54) is 12.3 Å². The van der Waals surface area contributed by atoms with E-state index in [1.54, 1.807) is 45.0 Å². The van der Waals surface area contributed by atoms with Crippen LogP contribution in [-0.2, 0) is 4.74 Å². The second-order valence-corrected chi connectivity index (χ2v) is 6.14. The number of aromatic amines is 1. The molecule has 0 atom stereocenters. The summed E-state index contributed by atoms with van der Waals surface area (Å²) in [6.07, 6.45) is 0.828. The number of hydrogen-bond acceptors (Lipinski definition) is 4. The number of anilines is 1. The molecule has 2 rings (SSSR count). The minimum absolute atomic E-state index is 0.349. The first-order valence-electron chi connectivity index (χ1n) is 7.22. The fourth-order valence-electron chi connectivity index (χ4n) is 2.01. The number of benzene rings is 1. The maximum absolute atomic E-state index is 11.8. The smallest absolute Gasteiger partial charge is 0.412 e. The van der Waals surface area contributed by atoms with Crippen LogP contribution in [0.3, 0.4) is 0 Å². The number of carboxylic acid groups (broad SMARTS) is 1. The van der Waals surface area contributed by atoms with Gasteiger partial charge in [0.25, 0.3) is 5.56 Å². The summed E-state index contributed by atoms with van der Waals surface area (Å²) in [6.45, 7) is 5.28. The summed E-state index contributed by atoms with van der Waals surface area (Å²) in [5.41, 5.74) is 0.0102. The summed E-state index contributed by atoms with van der Waals surface area (Å²) in [5, 5.41) is 11.6. The Kier molecular flexibility index (Phi) is 4.73.